The highest BCUT2D eigenvalue weighted by Crippen LogP contribution is 2.34. The quantitative estimate of drug-likeness (QED) is 0.630. The molecule has 0 aliphatic carbocycles. The minimum absolute atomic E-state index is 0.0672. The van der Waals surface area contributed by atoms with E-state index in [0.717, 1.165) is 27.9 Å². The van der Waals surface area contributed by atoms with Crippen molar-refractivity contribution in [3.63, 3.8) is 0 Å². The molecule has 2 heterocycles. The first-order valence-corrected chi connectivity index (χ1v) is 8.64. The first-order valence-electron chi connectivity index (χ1n) is 6.53. The summed E-state index contributed by atoms with van der Waals surface area (Å²) in [4.78, 5) is 18.3. The molecule has 1 atom stereocenters. The Bertz CT molecular complexity index is 707. The number of fused-ring (bicyclic) bond motifs is 1. The summed E-state index contributed by atoms with van der Waals surface area (Å²) in [5, 5.41) is 1.21. The van der Waals surface area contributed by atoms with Gasteiger partial charge in [-0.15, -0.1) is 11.8 Å². The highest BCUT2D eigenvalue weighted by atomic mass is 32.2. The number of aromatic nitrogens is 2. The molecule has 20 heavy (non-hydrogen) atoms. The van der Waals surface area contributed by atoms with E-state index in [2.05, 4.69) is 11.9 Å². The largest absolute Gasteiger partial charge is 0.272 e. The fourth-order valence-electron chi connectivity index (χ4n) is 2.36. The Morgan fingerprint density at radius 3 is 2.70 bits per heavy atom. The van der Waals surface area contributed by atoms with Gasteiger partial charge in [0.25, 0.3) is 5.56 Å². The van der Waals surface area contributed by atoms with Crippen LogP contribution in [-0.4, -0.2) is 21.1 Å². The third-order valence-corrected chi connectivity index (χ3v) is 5.21. The van der Waals surface area contributed by atoms with Gasteiger partial charge < -0.3 is 0 Å². The molecule has 0 bridgehead atoms. The number of benzene rings is 1. The van der Waals surface area contributed by atoms with Crippen molar-refractivity contribution in [1.82, 2.24) is 9.55 Å². The maximum Gasteiger partial charge on any atom is 0.272 e. The van der Waals surface area contributed by atoms with Crippen LogP contribution in [0.15, 0.2) is 39.1 Å². The Kier molecular flexibility index (Phi) is 3.65. The fourth-order valence-corrected chi connectivity index (χ4v) is 4.03. The molecule has 0 amide bonds. The van der Waals surface area contributed by atoms with Crippen molar-refractivity contribution < 1.29 is 0 Å². The van der Waals surface area contributed by atoms with E-state index in [4.69, 9.17) is 0 Å². The molecule has 104 valence electrons. The van der Waals surface area contributed by atoms with Gasteiger partial charge in [-0.05, 0) is 25.3 Å². The van der Waals surface area contributed by atoms with Gasteiger partial charge in [0.05, 0.1) is 16.3 Å². The molecule has 0 N–H and O–H groups in total. The lowest BCUT2D eigenvalue weighted by Gasteiger charge is -2.12. The van der Waals surface area contributed by atoms with Crippen LogP contribution < -0.4 is 5.56 Å². The van der Waals surface area contributed by atoms with E-state index in [-0.39, 0.29) is 5.56 Å². The number of hydrogen-bond acceptors (Lipinski definition) is 4. The fraction of sp³-hybridized carbons (Fsp3) is 0.333. The molecule has 0 spiro atoms. The van der Waals surface area contributed by atoms with E-state index in [1.165, 1.54) is 17.3 Å². The van der Waals surface area contributed by atoms with E-state index < -0.39 is 0 Å². The van der Waals surface area contributed by atoms with E-state index in [9.17, 15) is 4.79 Å². The van der Waals surface area contributed by atoms with E-state index >= 15 is 0 Å². The minimum Gasteiger partial charge on any atom is -0.268 e. The van der Waals surface area contributed by atoms with Gasteiger partial charge in [-0.1, -0.05) is 36.4 Å². The maximum atomic E-state index is 12.8. The molecule has 3 nitrogen and oxygen atoms in total. The Morgan fingerprint density at radius 1 is 1.35 bits per heavy atom. The molecule has 0 fully saturated rings. The van der Waals surface area contributed by atoms with E-state index in [0.29, 0.717) is 5.25 Å². The number of nitrogens with zero attached hydrogens (tertiary/aromatic N) is 2. The summed E-state index contributed by atoms with van der Waals surface area (Å²) < 4.78 is 1.73. The number of thioether (sulfide) groups is 2. The lowest BCUT2D eigenvalue weighted by Crippen LogP contribution is -2.23. The third kappa shape index (κ3) is 2.29. The van der Waals surface area contributed by atoms with Crippen LogP contribution in [0.5, 0.6) is 0 Å². The van der Waals surface area contributed by atoms with Crippen molar-refractivity contribution >= 4 is 23.5 Å². The zero-order valence-electron chi connectivity index (χ0n) is 11.7. The molecule has 1 aliphatic rings. The van der Waals surface area contributed by atoms with Crippen LogP contribution >= 0.6 is 23.5 Å². The Balaban J connectivity index is 2.23. The normalized spacial score (nSPS) is 17.2. The van der Waals surface area contributed by atoms with Gasteiger partial charge in [-0.3, -0.25) is 9.36 Å². The molecule has 0 radical (unpaired) electrons. The second-order valence-electron chi connectivity index (χ2n) is 4.98. The van der Waals surface area contributed by atoms with Crippen LogP contribution in [0.3, 0.4) is 0 Å². The van der Waals surface area contributed by atoms with Crippen molar-refractivity contribution in [3.8, 4) is 5.69 Å². The first-order chi connectivity index (χ1) is 9.60. The van der Waals surface area contributed by atoms with Crippen molar-refractivity contribution in [1.29, 1.82) is 0 Å². The van der Waals surface area contributed by atoms with Gasteiger partial charge in [-0.2, -0.15) is 0 Å². The molecule has 0 saturated carbocycles. The number of rotatable bonds is 2. The van der Waals surface area contributed by atoms with Crippen LogP contribution in [0, 0.1) is 6.92 Å². The predicted molar refractivity (Wildman–Crippen MR) is 85.4 cm³/mol. The summed E-state index contributed by atoms with van der Waals surface area (Å²) >= 11 is 3.16. The van der Waals surface area contributed by atoms with Crippen molar-refractivity contribution in [2.75, 3.05) is 6.26 Å². The number of aryl methyl sites for hydroxylation is 1. The van der Waals surface area contributed by atoms with Gasteiger partial charge in [-0.25, -0.2) is 4.98 Å². The molecule has 1 aromatic carbocycles. The lowest BCUT2D eigenvalue weighted by molar-refractivity contribution is 0.732. The average Bonchev–Trinajstić information content (AvgIpc) is 2.81. The molecule has 5 heteroatoms. The van der Waals surface area contributed by atoms with Crippen molar-refractivity contribution in [3.05, 3.63) is 45.9 Å². The third-order valence-electron chi connectivity index (χ3n) is 3.36. The second-order valence-corrected chi connectivity index (χ2v) is 7.21. The van der Waals surface area contributed by atoms with Gasteiger partial charge in [0, 0.05) is 11.7 Å². The summed E-state index contributed by atoms with van der Waals surface area (Å²) in [5.41, 5.74) is 3.10. The predicted octanol–water partition coefficient (Wildman–Crippen LogP) is 3.30. The molecule has 2 aromatic rings. The minimum atomic E-state index is 0.0672. The Morgan fingerprint density at radius 2 is 2.05 bits per heavy atom. The van der Waals surface area contributed by atoms with Gasteiger partial charge >= 0.3 is 0 Å². The summed E-state index contributed by atoms with van der Waals surface area (Å²) in [6.45, 7) is 4.18. The van der Waals surface area contributed by atoms with Crippen LogP contribution in [0.25, 0.3) is 5.69 Å². The topological polar surface area (TPSA) is 34.9 Å². The molecule has 3 rings (SSSR count). The van der Waals surface area contributed by atoms with Crippen molar-refractivity contribution in [2.45, 2.75) is 35.6 Å². The summed E-state index contributed by atoms with van der Waals surface area (Å²) in [6.07, 6.45) is 2.85. The molecular formula is C15H16N2OS2. The van der Waals surface area contributed by atoms with Crippen molar-refractivity contribution in [2.24, 2.45) is 0 Å². The zero-order valence-corrected chi connectivity index (χ0v) is 13.3. The molecule has 1 unspecified atom stereocenters. The van der Waals surface area contributed by atoms with Crippen LogP contribution in [0.1, 0.15) is 18.2 Å². The second kappa shape index (κ2) is 5.30. The van der Waals surface area contributed by atoms with Crippen LogP contribution in [0.4, 0.5) is 0 Å². The van der Waals surface area contributed by atoms with Gasteiger partial charge in [0.2, 0.25) is 0 Å². The zero-order chi connectivity index (χ0) is 14.3. The number of hydrogen-bond donors (Lipinski definition) is 0. The summed E-state index contributed by atoms with van der Waals surface area (Å²) in [7, 11) is 0. The highest BCUT2D eigenvalue weighted by Gasteiger charge is 2.26. The van der Waals surface area contributed by atoms with E-state index in [1.54, 1.807) is 16.3 Å². The van der Waals surface area contributed by atoms with Crippen LogP contribution in [-0.2, 0) is 6.42 Å². The van der Waals surface area contributed by atoms with Gasteiger partial charge in [0.15, 0.2) is 5.16 Å². The molecule has 0 saturated heterocycles. The smallest absolute Gasteiger partial charge is 0.268 e. The lowest BCUT2D eigenvalue weighted by atomic mass is 10.2. The SMILES string of the molecule is CSc1nc2c(c(=O)n1-c1ccc(C)cc1)SC(C)C2. The summed E-state index contributed by atoms with van der Waals surface area (Å²) in [6, 6.07) is 8.00. The highest BCUT2D eigenvalue weighted by molar-refractivity contribution is 8.00. The Hall–Kier alpha value is -1.20. The molecule has 1 aromatic heterocycles. The molecular weight excluding hydrogens is 288 g/mol. The molecule has 1 aliphatic heterocycles. The Labute approximate surface area is 126 Å². The maximum absolute atomic E-state index is 12.8. The van der Waals surface area contributed by atoms with E-state index in [1.807, 2.05) is 37.4 Å². The first kappa shape index (κ1) is 13.8. The monoisotopic (exact) mass is 304 g/mol. The standard InChI is InChI=1S/C15H16N2OS2/c1-9-4-6-11(7-5-9)17-14(18)13-12(8-10(2)20-13)16-15(17)19-3/h4-7,10H,8H2,1-3H3. The average molecular weight is 304 g/mol. The summed E-state index contributed by atoms with van der Waals surface area (Å²) in [5.74, 6) is 0. The van der Waals surface area contributed by atoms with Gasteiger partial charge in [0.1, 0.15) is 0 Å². The van der Waals surface area contributed by atoms with Crippen LogP contribution in [0.2, 0.25) is 0 Å².